The molecule has 7 heteroatoms. The smallest absolute Gasteiger partial charge is 0.331 e. The van der Waals surface area contributed by atoms with E-state index in [1.807, 2.05) is 0 Å². The maximum absolute atomic E-state index is 12.8. The fourth-order valence-corrected chi connectivity index (χ4v) is 2.13. The van der Waals surface area contributed by atoms with Crippen LogP contribution in [-0.2, 0) is 14.3 Å². The monoisotopic (exact) mass is 381 g/mol. The molecule has 0 saturated carbocycles. The summed E-state index contributed by atoms with van der Waals surface area (Å²) in [5, 5.41) is 3.30. The predicted octanol–water partition coefficient (Wildman–Crippen LogP) is 4.72. The van der Waals surface area contributed by atoms with Crippen molar-refractivity contribution < 1.29 is 18.7 Å². The molecule has 25 heavy (non-hydrogen) atoms. The SMILES string of the molecule is C[C@H](OC(=O)/C=C/c1ccc(Cl)c(Cl)c1)C(=O)Nc1ccc(F)cc1. The van der Waals surface area contributed by atoms with Gasteiger partial charge in [0, 0.05) is 11.8 Å². The van der Waals surface area contributed by atoms with Gasteiger partial charge >= 0.3 is 5.97 Å². The Hall–Kier alpha value is -2.37. The Morgan fingerprint density at radius 2 is 1.80 bits per heavy atom. The van der Waals surface area contributed by atoms with Gasteiger partial charge in [0.25, 0.3) is 5.91 Å². The van der Waals surface area contributed by atoms with Gasteiger partial charge in [-0.05, 0) is 55.0 Å². The molecular weight excluding hydrogens is 368 g/mol. The van der Waals surface area contributed by atoms with Crippen LogP contribution in [0.4, 0.5) is 10.1 Å². The number of hydrogen-bond donors (Lipinski definition) is 1. The molecule has 0 spiro atoms. The van der Waals surface area contributed by atoms with Gasteiger partial charge in [0.1, 0.15) is 5.82 Å². The third-order valence-corrected chi connectivity index (χ3v) is 3.87. The third-order valence-electron chi connectivity index (χ3n) is 3.13. The number of esters is 1. The maximum atomic E-state index is 12.8. The number of anilines is 1. The quantitative estimate of drug-likeness (QED) is 0.602. The van der Waals surface area contributed by atoms with E-state index < -0.39 is 23.8 Å². The second-order valence-corrected chi connectivity index (χ2v) is 5.90. The highest BCUT2D eigenvalue weighted by Gasteiger charge is 2.16. The van der Waals surface area contributed by atoms with Crippen LogP contribution in [-0.4, -0.2) is 18.0 Å². The standard InChI is InChI=1S/C18H14Cl2FNO3/c1-11(18(24)22-14-6-4-13(21)5-7-14)25-17(23)9-3-12-2-8-15(19)16(20)10-12/h2-11H,1H3,(H,22,24)/b9-3+/t11-/m0/s1. The molecule has 0 radical (unpaired) electrons. The predicted molar refractivity (Wildman–Crippen MR) is 96.1 cm³/mol. The summed E-state index contributed by atoms with van der Waals surface area (Å²) in [6.07, 6.45) is 1.66. The molecule has 0 bridgehead atoms. The van der Waals surface area contributed by atoms with Crippen molar-refractivity contribution >= 4 is 46.8 Å². The molecule has 0 aliphatic carbocycles. The molecule has 2 rings (SSSR count). The molecule has 1 N–H and O–H groups in total. The largest absolute Gasteiger partial charge is 0.449 e. The van der Waals surface area contributed by atoms with Gasteiger partial charge in [0.15, 0.2) is 6.10 Å². The van der Waals surface area contributed by atoms with E-state index in [4.69, 9.17) is 27.9 Å². The lowest BCUT2D eigenvalue weighted by Crippen LogP contribution is -2.29. The van der Waals surface area contributed by atoms with E-state index in [9.17, 15) is 14.0 Å². The van der Waals surface area contributed by atoms with Crippen LogP contribution in [0.15, 0.2) is 48.5 Å². The molecule has 130 valence electrons. The van der Waals surface area contributed by atoms with Gasteiger partial charge in [-0.1, -0.05) is 29.3 Å². The second-order valence-electron chi connectivity index (χ2n) is 5.08. The van der Waals surface area contributed by atoms with Crippen molar-refractivity contribution in [2.45, 2.75) is 13.0 Å². The van der Waals surface area contributed by atoms with Gasteiger partial charge in [-0.25, -0.2) is 9.18 Å². The number of ether oxygens (including phenoxy) is 1. The van der Waals surface area contributed by atoms with Crippen molar-refractivity contribution in [3.8, 4) is 0 Å². The van der Waals surface area contributed by atoms with Crippen molar-refractivity contribution in [1.29, 1.82) is 0 Å². The van der Waals surface area contributed by atoms with Gasteiger partial charge in [0.2, 0.25) is 0 Å². The molecule has 0 aromatic heterocycles. The molecule has 0 saturated heterocycles. The number of amides is 1. The molecule has 1 amide bonds. The zero-order chi connectivity index (χ0) is 18.4. The molecular formula is C18H14Cl2FNO3. The Kier molecular flexibility index (Phi) is 6.56. The second kappa shape index (κ2) is 8.65. The third kappa shape index (κ3) is 5.89. The Morgan fingerprint density at radius 1 is 1.12 bits per heavy atom. The highest BCUT2D eigenvalue weighted by molar-refractivity contribution is 6.42. The van der Waals surface area contributed by atoms with Crippen LogP contribution in [0, 0.1) is 5.82 Å². The van der Waals surface area contributed by atoms with Gasteiger partial charge in [0.05, 0.1) is 10.0 Å². The lowest BCUT2D eigenvalue weighted by atomic mass is 10.2. The topological polar surface area (TPSA) is 55.4 Å². The highest BCUT2D eigenvalue weighted by Crippen LogP contribution is 2.23. The van der Waals surface area contributed by atoms with E-state index >= 15 is 0 Å². The average Bonchev–Trinajstić information content (AvgIpc) is 2.58. The number of hydrogen-bond acceptors (Lipinski definition) is 3. The lowest BCUT2D eigenvalue weighted by Gasteiger charge is -2.12. The molecule has 0 unspecified atom stereocenters. The van der Waals surface area contributed by atoms with Crippen LogP contribution >= 0.6 is 23.2 Å². The Bertz CT molecular complexity index is 806. The first-order valence-electron chi connectivity index (χ1n) is 7.25. The van der Waals surface area contributed by atoms with Crippen molar-refractivity contribution in [1.82, 2.24) is 0 Å². The van der Waals surface area contributed by atoms with Gasteiger partial charge < -0.3 is 10.1 Å². The Morgan fingerprint density at radius 3 is 2.44 bits per heavy atom. The fraction of sp³-hybridized carbons (Fsp3) is 0.111. The molecule has 2 aromatic rings. The highest BCUT2D eigenvalue weighted by atomic mass is 35.5. The maximum Gasteiger partial charge on any atom is 0.331 e. The average molecular weight is 382 g/mol. The van der Waals surface area contributed by atoms with Crippen molar-refractivity contribution in [3.05, 3.63) is 70.0 Å². The van der Waals surface area contributed by atoms with Gasteiger partial charge in [-0.2, -0.15) is 0 Å². The summed E-state index contributed by atoms with van der Waals surface area (Å²) in [5.74, 6) is -1.62. The number of carbonyl (C=O) groups is 2. The molecule has 4 nitrogen and oxygen atoms in total. The van der Waals surface area contributed by atoms with Crippen LogP contribution < -0.4 is 5.32 Å². The summed E-state index contributed by atoms with van der Waals surface area (Å²) in [4.78, 5) is 23.7. The number of halogens is 3. The summed E-state index contributed by atoms with van der Waals surface area (Å²) in [5.41, 5.74) is 1.07. The molecule has 1 atom stereocenters. The van der Waals surface area contributed by atoms with Crippen LogP contribution in [0.1, 0.15) is 12.5 Å². The zero-order valence-electron chi connectivity index (χ0n) is 13.1. The normalized spacial score (nSPS) is 12.0. The summed E-state index contributed by atoms with van der Waals surface area (Å²) >= 11 is 11.7. The van der Waals surface area contributed by atoms with E-state index in [1.165, 1.54) is 43.3 Å². The number of carbonyl (C=O) groups excluding carboxylic acids is 2. The number of nitrogens with one attached hydrogen (secondary N) is 1. The molecule has 0 heterocycles. The number of benzene rings is 2. The van der Waals surface area contributed by atoms with Gasteiger partial charge in [-0.3, -0.25) is 4.79 Å². The minimum Gasteiger partial charge on any atom is -0.449 e. The summed E-state index contributed by atoms with van der Waals surface area (Å²) < 4.78 is 17.8. The van der Waals surface area contributed by atoms with Gasteiger partial charge in [-0.15, -0.1) is 0 Å². The first-order chi connectivity index (χ1) is 11.8. The first-order valence-corrected chi connectivity index (χ1v) is 8.01. The zero-order valence-corrected chi connectivity index (χ0v) is 14.6. The minimum atomic E-state index is -1.02. The van der Waals surface area contributed by atoms with E-state index in [0.717, 1.165) is 0 Å². The summed E-state index contributed by atoms with van der Waals surface area (Å²) in [7, 11) is 0. The van der Waals surface area contributed by atoms with E-state index in [2.05, 4.69) is 5.32 Å². The van der Waals surface area contributed by atoms with E-state index in [0.29, 0.717) is 21.3 Å². The van der Waals surface area contributed by atoms with Crippen LogP contribution in [0.3, 0.4) is 0 Å². The Labute approximate surface area is 154 Å². The summed E-state index contributed by atoms with van der Waals surface area (Å²) in [6, 6.07) is 10.1. The first kappa shape index (κ1) is 19.0. The van der Waals surface area contributed by atoms with Crippen molar-refractivity contribution in [2.75, 3.05) is 5.32 Å². The fourth-order valence-electron chi connectivity index (χ4n) is 1.82. The van der Waals surface area contributed by atoms with E-state index in [-0.39, 0.29) is 0 Å². The van der Waals surface area contributed by atoms with Crippen LogP contribution in [0.25, 0.3) is 6.08 Å². The Balaban J connectivity index is 1.90. The molecule has 0 aliphatic heterocycles. The lowest BCUT2D eigenvalue weighted by molar-refractivity contribution is -0.148. The molecule has 0 fully saturated rings. The minimum absolute atomic E-state index is 0.365. The number of rotatable bonds is 5. The molecule has 2 aromatic carbocycles. The van der Waals surface area contributed by atoms with Crippen molar-refractivity contribution in [3.63, 3.8) is 0 Å². The summed E-state index contributed by atoms with van der Waals surface area (Å²) in [6.45, 7) is 1.43. The van der Waals surface area contributed by atoms with Crippen LogP contribution in [0.5, 0.6) is 0 Å². The molecule has 0 aliphatic rings. The van der Waals surface area contributed by atoms with Crippen LogP contribution in [0.2, 0.25) is 10.0 Å². The van der Waals surface area contributed by atoms with E-state index in [1.54, 1.807) is 18.2 Å². The van der Waals surface area contributed by atoms with Crippen molar-refractivity contribution in [2.24, 2.45) is 0 Å².